The molecule has 142 valence electrons. The monoisotopic (exact) mass is 368 g/mol. The van der Waals surface area contributed by atoms with Gasteiger partial charge in [-0.25, -0.2) is 0 Å². The smallest absolute Gasteiger partial charge is 0.418 e. The van der Waals surface area contributed by atoms with Gasteiger partial charge < -0.3 is 17.3 Å². The van der Waals surface area contributed by atoms with Crippen molar-refractivity contribution in [3.63, 3.8) is 0 Å². The third-order valence-electron chi connectivity index (χ3n) is 6.66. The van der Waals surface area contributed by atoms with Crippen LogP contribution in [0.5, 0.6) is 0 Å². The van der Waals surface area contributed by atoms with Crippen molar-refractivity contribution in [1.82, 2.24) is 5.43 Å². The highest BCUT2D eigenvalue weighted by molar-refractivity contribution is 6.50. The van der Waals surface area contributed by atoms with E-state index in [-0.39, 0.29) is 0 Å². The molecular formula is C19H25BF4N2. The average Bonchev–Trinajstić information content (AvgIpc) is 3.16. The zero-order valence-corrected chi connectivity index (χ0v) is 15.4. The summed E-state index contributed by atoms with van der Waals surface area (Å²) in [6.07, 6.45) is 6.34. The van der Waals surface area contributed by atoms with E-state index < -0.39 is 7.25 Å². The maximum atomic E-state index is 9.75. The molecule has 1 heterocycles. The van der Waals surface area contributed by atoms with Gasteiger partial charge in [0, 0.05) is 18.1 Å². The molecule has 0 amide bonds. The Bertz CT molecular complexity index is 734. The number of nitrogens with zero attached hydrogens (tertiary/aromatic N) is 1. The first-order valence-electron chi connectivity index (χ1n) is 9.06. The third-order valence-corrected chi connectivity index (χ3v) is 6.66. The molecule has 2 atom stereocenters. The lowest BCUT2D eigenvalue weighted by atomic mass is 9.70. The van der Waals surface area contributed by atoms with Gasteiger partial charge in [0.2, 0.25) is 0 Å². The van der Waals surface area contributed by atoms with E-state index >= 15 is 0 Å². The van der Waals surface area contributed by atoms with Crippen molar-refractivity contribution < 1.29 is 21.9 Å². The van der Waals surface area contributed by atoms with Gasteiger partial charge in [0.1, 0.15) is 5.70 Å². The first-order chi connectivity index (χ1) is 12.0. The highest BCUT2D eigenvalue weighted by Gasteiger charge is 2.64. The molecule has 2 bridgehead atoms. The Morgan fingerprint density at radius 3 is 2.19 bits per heavy atom. The van der Waals surface area contributed by atoms with E-state index in [1.54, 1.807) is 5.71 Å². The van der Waals surface area contributed by atoms with E-state index in [2.05, 4.69) is 67.3 Å². The zero-order chi connectivity index (χ0) is 19.2. The van der Waals surface area contributed by atoms with Gasteiger partial charge in [-0.3, -0.25) is 0 Å². The Labute approximate surface area is 152 Å². The highest BCUT2D eigenvalue weighted by atomic mass is 19.5. The molecule has 4 rings (SSSR count). The van der Waals surface area contributed by atoms with Crippen molar-refractivity contribution in [2.75, 3.05) is 6.54 Å². The Kier molecular flexibility index (Phi) is 4.70. The van der Waals surface area contributed by atoms with Crippen LogP contribution in [0.1, 0.15) is 45.6 Å². The summed E-state index contributed by atoms with van der Waals surface area (Å²) in [6.45, 7) is 8.42. The summed E-state index contributed by atoms with van der Waals surface area (Å²) < 4.78 is 41.4. The molecule has 1 aliphatic heterocycles. The first kappa shape index (κ1) is 19.0. The van der Waals surface area contributed by atoms with E-state index in [0.717, 1.165) is 12.5 Å². The second-order valence-corrected chi connectivity index (χ2v) is 8.14. The fraction of sp³-hybridized carbons (Fsp3) is 0.526. The Morgan fingerprint density at radius 1 is 1.08 bits per heavy atom. The van der Waals surface area contributed by atoms with Crippen LogP contribution in [-0.2, 0) is 0 Å². The molecule has 0 spiro atoms. The minimum absolute atomic E-state index is 0.366. The van der Waals surface area contributed by atoms with E-state index in [9.17, 15) is 17.3 Å². The average molecular weight is 368 g/mol. The molecule has 1 aromatic rings. The molecule has 1 aromatic carbocycles. The van der Waals surface area contributed by atoms with E-state index in [4.69, 9.17) is 0 Å². The summed E-state index contributed by atoms with van der Waals surface area (Å²) in [5.74, 6) is 0.861. The second kappa shape index (κ2) is 6.43. The van der Waals surface area contributed by atoms with Crippen molar-refractivity contribution in [3.8, 4) is 0 Å². The second-order valence-electron chi connectivity index (χ2n) is 8.14. The van der Waals surface area contributed by atoms with E-state index in [0.29, 0.717) is 10.8 Å². The predicted molar refractivity (Wildman–Crippen MR) is 97.1 cm³/mol. The predicted octanol–water partition coefficient (Wildman–Crippen LogP) is 5.15. The summed E-state index contributed by atoms with van der Waals surface area (Å²) >= 11 is 0. The van der Waals surface area contributed by atoms with Gasteiger partial charge in [0.25, 0.3) is 0 Å². The van der Waals surface area contributed by atoms with Crippen LogP contribution in [0.4, 0.5) is 17.3 Å². The lowest BCUT2D eigenvalue weighted by Gasteiger charge is -2.32. The summed E-state index contributed by atoms with van der Waals surface area (Å²) in [6, 6.07) is 10.6. The molecule has 1 N–H and O–H groups in total. The molecule has 2 saturated carbocycles. The van der Waals surface area contributed by atoms with E-state index in [1.807, 2.05) is 0 Å². The van der Waals surface area contributed by atoms with Crippen molar-refractivity contribution in [2.45, 2.75) is 40.0 Å². The van der Waals surface area contributed by atoms with Crippen LogP contribution in [0.15, 0.2) is 36.4 Å². The third kappa shape index (κ3) is 3.40. The normalized spacial score (nSPS) is 32.0. The lowest BCUT2D eigenvalue weighted by molar-refractivity contribution is -0.561. The number of hydrazone groups is 1. The molecule has 3 aliphatic rings. The van der Waals surface area contributed by atoms with Crippen molar-refractivity contribution in [3.05, 3.63) is 42.0 Å². The summed E-state index contributed by atoms with van der Waals surface area (Å²) in [7, 11) is -6.00. The van der Waals surface area contributed by atoms with Gasteiger partial charge in [-0.15, -0.1) is 4.68 Å². The number of rotatable bonds is 1. The number of fused-ring (bicyclic) bond motifs is 2. The van der Waals surface area contributed by atoms with Crippen molar-refractivity contribution in [2.24, 2.45) is 16.7 Å². The van der Waals surface area contributed by atoms with Crippen molar-refractivity contribution >= 4 is 18.7 Å². The quantitative estimate of drug-likeness (QED) is 0.412. The Hall–Kier alpha value is -1.79. The van der Waals surface area contributed by atoms with E-state index in [1.165, 1.54) is 30.5 Å². The standard InChI is InChI=1S/C19H25N2.BF4/c1-18(2)15-9-11-19(18,3)17(13-15)21-12-10-16(20-21)14-7-5-4-6-8-14;2-1(3,4)5/h4-8,10,15,20H,9,11-13H2,1-3H3;/q+1;-1. The van der Waals surface area contributed by atoms with Gasteiger partial charge in [0.05, 0.1) is 5.41 Å². The minimum atomic E-state index is -6.00. The summed E-state index contributed by atoms with van der Waals surface area (Å²) in [5.41, 5.74) is 8.64. The van der Waals surface area contributed by atoms with Crippen LogP contribution in [-0.4, -0.2) is 24.2 Å². The van der Waals surface area contributed by atoms with Crippen LogP contribution in [0.2, 0.25) is 0 Å². The lowest BCUT2D eigenvalue weighted by Crippen LogP contribution is -2.40. The SMILES string of the molecule is CC12CCC(CC1=[N+]1CC=C(c3ccccc3)N1)C2(C)C.F[B-](F)(F)F. The van der Waals surface area contributed by atoms with Gasteiger partial charge in [0.15, 0.2) is 12.3 Å². The van der Waals surface area contributed by atoms with Crippen LogP contribution in [0, 0.1) is 16.7 Å². The van der Waals surface area contributed by atoms with Gasteiger partial charge in [-0.2, -0.15) is 5.43 Å². The molecule has 2 fully saturated rings. The van der Waals surface area contributed by atoms with Gasteiger partial charge >= 0.3 is 7.25 Å². The first-order valence-corrected chi connectivity index (χ1v) is 9.06. The largest absolute Gasteiger partial charge is 0.673 e. The molecule has 2 unspecified atom stereocenters. The zero-order valence-electron chi connectivity index (χ0n) is 15.4. The van der Waals surface area contributed by atoms with Crippen LogP contribution in [0.25, 0.3) is 5.70 Å². The molecule has 2 aliphatic carbocycles. The molecular weight excluding hydrogens is 343 g/mol. The minimum Gasteiger partial charge on any atom is -0.418 e. The van der Waals surface area contributed by atoms with Crippen LogP contribution in [0.3, 0.4) is 0 Å². The fourth-order valence-electron chi connectivity index (χ4n) is 4.73. The van der Waals surface area contributed by atoms with Crippen molar-refractivity contribution in [1.29, 1.82) is 0 Å². The Balaban J connectivity index is 0.000000349. The number of halogens is 4. The van der Waals surface area contributed by atoms with Crippen LogP contribution < -0.4 is 5.43 Å². The number of hydrogen-bond donors (Lipinski definition) is 1. The number of hydrogen-bond acceptors (Lipinski definition) is 1. The molecule has 0 radical (unpaired) electrons. The molecule has 0 aromatic heterocycles. The number of benzene rings is 1. The van der Waals surface area contributed by atoms with Gasteiger partial charge in [-0.1, -0.05) is 44.2 Å². The van der Waals surface area contributed by atoms with Gasteiger partial charge in [-0.05, 0) is 31.1 Å². The molecule has 26 heavy (non-hydrogen) atoms. The molecule has 0 saturated heterocycles. The highest BCUT2D eigenvalue weighted by Crippen LogP contribution is 2.63. The maximum absolute atomic E-state index is 9.75. The van der Waals surface area contributed by atoms with Crippen LogP contribution >= 0.6 is 0 Å². The molecule has 2 nitrogen and oxygen atoms in total. The summed E-state index contributed by atoms with van der Waals surface area (Å²) in [4.78, 5) is 0. The fourth-order valence-corrected chi connectivity index (χ4v) is 4.73. The number of nitrogens with one attached hydrogen (secondary N) is 1. The topological polar surface area (TPSA) is 15.0 Å². The Morgan fingerprint density at radius 2 is 1.69 bits per heavy atom. The molecule has 7 heteroatoms. The maximum Gasteiger partial charge on any atom is 0.673 e. The number of hydrazine groups is 1. The summed E-state index contributed by atoms with van der Waals surface area (Å²) in [5, 5.41) is 0.